The van der Waals surface area contributed by atoms with Gasteiger partial charge in [0.1, 0.15) is 47.5 Å². The van der Waals surface area contributed by atoms with E-state index >= 15 is 0 Å². The smallest absolute Gasteiger partial charge is 0.322 e. The highest BCUT2D eigenvalue weighted by Crippen LogP contribution is 2.34. The molecular formula is C34H36N8. The molecule has 1 heterocycles. The van der Waals surface area contributed by atoms with Crippen molar-refractivity contribution in [1.29, 1.82) is 15.8 Å². The second-order valence-corrected chi connectivity index (χ2v) is 11.3. The molecule has 0 amide bonds. The quantitative estimate of drug-likeness (QED) is 0.120. The van der Waals surface area contributed by atoms with Crippen molar-refractivity contribution < 1.29 is 4.57 Å². The van der Waals surface area contributed by atoms with Gasteiger partial charge in [-0.1, -0.05) is 91.8 Å². The third-order valence-corrected chi connectivity index (χ3v) is 7.12. The Morgan fingerprint density at radius 1 is 0.738 bits per heavy atom. The number of nitriles is 3. The summed E-state index contributed by atoms with van der Waals surface area (Å²) >= 11 is 0. The van der Waals surface area contributed by atoms with Crippen molar-refractivity contribution in [2.24, 2.45) is 10.2 Å². The van der Waals surface area contributed by atoms with E-state index in [0.717, 1.165) is 33.6 Å². The molecule has 1 aromatic heterocycles. The molecule has 212 valence electrons. The molecular weight excluding hydrogens is 520 g/mol. The third kappa shape index (κ3) is 6.13. The molecule has 3 rings (SSSR count). The Morgan fingerprint density at radius 2 is 1.21 bits per heavy atom. The van der Waals surface area contributed by atoms with E-state index in [4.69, 9.17) is 0 Å². The predicted octanol–water partition coefficient (Wildman–Crippen LogP) is 7.13. The summed E-state index contributed by atoms with van der Waals surface area (Å²) < 4.78 is 3.93. The van der Waals surface area contributed by atoms with Crippen molar-refractivity contribution in [3.63, 3.8) is 0 Å². The minimum Gasteiger partial charge on any atom is -0.762 e. The van der Waals surface area contributed by atoms with Gasteiger partial charge in [0.2, 0.25) is 5.71 Å². The Kier molecular flexibility index (Phi) is 10.1. The molecule has 3 aromatic rings. The Hall–Kier alpha value is -5.09. The number of allylic oxidation sites excluding steroid dienone is 1. The van der Waals surface area contributed by atoms with Crippen molar-refractivity contribution >= 4 is 17.3 Å². The van der Waals surface area contributed by atoms with Crippen LogP contribution in [0.5, 0.6) is 0 Å². The van der Waals surface area contributed by atoms with E-state index in [1.165, 1.54) is 0 Å². The first-order valence-electron chi connectivity index (χ1n) is 14.0. The number of hydrogen-bond acceptors (Lipinski definition) is 5. The van der Waals surface area contributed by atoms with Crippen LogP contribution in [-0.2, 0) is 0 Å². The number of aromatic nitrogens is 2. The average molecular weight is 557 g/mol. The molecule has 0 bridgehead atoms. The van der Waals surface area contributed by atoms with Gasteiger partial charge in [-0.15, -0.1) is 10.2 Å². The largest absolute Gasteiger partial charge is 0.762 e. The lowest BCUT2D eigenvalue weighted by atomic mass is 9.92. The molecule has 0 aliphatic rings. The molecule has 0 fully saturated rings. The molecule has 0 radical (unpaired) electrons. The Labute approximate surface area is 248 Å². The average Bonchev–Trinajstić information content (AvgIpc) is 3.40. The van der Waals surface area contributed by atoms with Crippen molar-refractivity contribution in [3.05, 3.63) is 87.9 Å². The summed E-state index contributed by atoms with van der Waals surface area (Å²) in [7, 11) is 0. The molecule has 0 saturated carbocycles. The number of nitrogens with zero attached hydrogens (tertiary/aromatic N) is 8. The minimum atomic E-state index is -0.483. The van der Waals surface area contributed by atoms with Gasteiger partial charge in [0.05, 0.1) is 0 Å². The number of para-hydroxylation sites is 2. The number of hydrogen-bond donors (Lipinski definition) is 0. The van der Waals surface area contributed by atoms with Crippen molar-refractivity contribution in [3.8, 4) is 29.6 Å². The lowest BCUT2D eigenvalue weighted by Crippen LogP contribution is -2.40. The van der Waals surface area contributed by atoms with Crippen LogP contribution < -0.4 is 4.57 Å². The standard InChI is InChI=1S/C34H36N8/c1-21(2)27-11-9-12-28(22(3)4)32(27)41-15-16-42(33-29(23(5)6)13-10-14-30(33)24(7)8)34(41)31(25(17-35)18-36)40-39-26(19-37)20-38/h9-16,21-24H,1-8H3. The highest BCUT2D eigenvalue weighted by Gasteiger charge is 2.34. The van der Waals surface area contributed by atoms with Gasteiger partial charge < -0.3 is 5.41 Å². The molecule has 0 unspecified atom stereocenters. The maximum atomic E-state index is 10.1. The Morgan fingerprint density at radius 3 is 1.62 bits per heavy atom. The zero-order valence-electron chi connectivity index (χ0n) is 25.5. The van der Waals surface area contributed by atoms with E-state index in [1.54, 1.807) is 12.1 Å². The van der Waals surface area contributed by atoms with Crippen LogP contribution in [0.2, 0.25) is 0 Å². The third-order valence-electron chi connectivity index (χ3n) is 7.12. The first-order chi connectivity index (χ1) is 20.0. The van der Waals surface area contributed by atoms with Crippen LogP contribution >= 0.6 is 0 Å². The van der Waals surface area contributed by atoms with Gasteiger partial charge in [-0.3, -0.25) is 0 Å². The molecule has 8 nitrogen and oxygen atoms in total. The fraction of sp³-hybridized carbons (Fsp3) is 0.353. The number of rotatable bonds is 9. The highest BCUT2D eigenvalue weighted by molar-refractivity contribution is 6.18. The van der Waals surface area contributed by atoms with Crippen LogP contribution in [0.15, 0.2) is 64.6 Å². The lowest BCUT2D eigenvalue weighted by molar-refractivity contribution is -0.597. The predicted molar refractivity (Wildman–Crippen MR) is 166 cm³/mol. The van der Waals surface area contributed by atoms with Crippen LogP contribution in [-0.4, -0.2) is 21.9 Å². The molecule has 8 heteroatoms. The second-order valence-electron chi connectivity index (χ2n) is 11.3. The molecule has 0 aliphatic heterocycles. The summed E-state index contributed by atoms with van der Waals surface area (Å²) in [5.74, 6) is 3.04. The first kappa shape index (κ1) is 31.4. The second kappa shape index (κ2) is 13.5. The van der Waals surface area contributed by atoms with Crippen LogP contribution in [0.25, 0.3) is 16.8 Å². The van der Waals surface area contributed by atoms with E-state index in [9.17, 15) is 21.2 Å². The molecule has 0 spiro atoms. The molecule has 2 aromatic carbocycles. The maximum Gasteiger partial charge on any atom is 0.322 e. The van der Waals surface area contributed by atoms with Gasteiger partial charge in [-0.25, -0.2) is 5.87 Å². The molecule has 0 atom stereocenters. The normalized spacial score (nSPS) is 11.3. The zero-order valence-corrected chi connectivity index (χ0v) is 25.5. The highest BCUT2D eigenvalue weighted by atomic mass is 15.3. The van der Waals surface area contributed by atoms with Gasteiger partial charge in [-0.05, 0) is 23.7 Å². The van der Waals surface area contributed by atoms with Gasteiger partial charge in [-0.2, -0.15) is 24.9 Å². The zero-order chi connectivity index (χ0) is 31.1. The minimum absolute atomic E-state index is 0.0328. The fourth-order valence-corrected chi connectivity index (χ4v) is 5.07. The molecule has 0 aliphatic carbocycles. The van der Waals surface area contributed by atoms with E-state index in [1.807, 2.05) is 45.6 Å². The molecule has 42 heavy (non-hydrogen) atoms. The van der Waals surface area contributed by atoms with E-state index in [2.05, 4.69) is 89.9 Å². The first-order valence-corrected chi connectivity index (χ1v) is 14.0. The van der Waals surface area contributed by atoms with Crippen molar-refractivity contribution in [2.45, 2.75) is 79.1 Å². The Bertz CT molecular complexity index is 1570. The van der Waals surface area contributed by atoms with Gasteiger partial charge in [0.25, 0.3) is 0 Å². The van der Waals surface area contributed by atoms with E-state index in [0.29, 0.717) is 5.82 Å². The summed E-state index contributed by atoms with van der Waals surface area (Å²) in [6.07, 6.45) is 3.84. The van der Waals surface area contributed by atoms with Gasteiger partial charge in [0.15, 0.2) is 5.71 Å². The summed E-state index contributed by atoms with van der Waals surface area (Å²) in [4.78, 5) is 0. The van der Waals surface area contributed by atoms with Crippen molar-refractivity contribution in [2.75, 3.05) is 0 Å². The van der Waals surface area contributed by atoms with Crippen LogP contribution in [0.1, 0.15) is 107 Å². The van der Waals surface area contributed by atoms with Crippen LogP contribution in [0.3, 0.4) is 0 Å². The summed E-state index contributed by atoms with van der Waals surface area (Å²) in [5, 5.41) is 47.0. The number of imidazole rings is 1. The molecule has 0 N–H and O–H groups in total. The number of benzene rings is 2. The fourth-order valence-electron chi connectivity index (χ4n) is 5.07. The van der Waals surface area contributed by atoms with E-state index in [-0.39, 0.29) is 35.0 Å². The summed E-state index contributed by atoms with van der Waals surface area (Å²) in [6, 6.07) is 17.8. The van der Waals surface area contributed by atoms with Crippen LogP contribution in [0, 0.1) is 34.0 Å². The maximum absolute atomic E-state index is 10.1. The topological polar surface area (TPSA) is 127 Å². The van der Waals surface area contributed by atoms with Gasteiger partial charge >= 0.3 is 5.82 Å². The van der Waals surface area contributed by atoms with Crippen LogP contribution in [0.4, 0.5) is 0 Å². The SMILES string of the molecule is CC(C)c1cccc(C(C)C)c1-n1cc[n+](-c2c(C(C)C)cccc2C(C)C)c1/C(=N/N=C(C#N)C#N)C(=C=[N-])C#N. The summed E-state index contributed by atoms with van der Waals surface area (Å²) in [5.41, 5.74) is 5.38. The van der Waals surface area contributed by atoms with Gasteiger partial charge in [0, 0.05) is 22.3 Å². The van der Waals surface area contributed by atoms with Crippen molar-refractivity contribution in [1.82, 2.24) is 4.57 Å². The van der Waals surface area contributed by atoms with E-state index < -0.39 is 5.71 Å². The monoisotopic (exact) mass is 556 g/mol. The lowest BCUT2D eigenvalue weighted by Gasteiger charge is -2.20. The Balaban J connectivity index is 2.70. The molecule has 0 saturated heterocycles. The summed E-state index contributed by atoms with van der Waals surface area (Å²) in [6.45, 7) is 17.0.